The second-order valence-corrected chi connectivity index (χ2v) is 5.48. The van der Waals surface area contributed by atoms with Crippen molar-refractivity contribution in [1.29, 1.82) is 0 Å². The van der Waals surface area contributed by atoms with Crippen molar-refractivity contribution < 1.29 is 0 Å². The molecule has 2 saturated heterocycles. The van der Waals surface area contributed by atoms with Crippen LogP contribution < -0.4 is 5.32 Å². The van der Waals surface area contributed by atoms with Gasteiger partial charge in [-0.2, -0.15) is 0 Å². The van der Waals surface area contributed by atoms with Crippen LogP contribution in [0.2, 0.25) is 0 Å². The van der Waals surface area contributed by atoms with Gasteiger partial charge in [-0.25, -0.2) is 4.98 Å². The first-order valence-corrected chi connectivity index (χ1v) is 6.71. The monoisotopic (exact) mass is 281 g/mol. The van der Waals surface area contributed by atoms with Crippen LogP contribution in [0.3, 0.4) is 0 Å². The molecular weight excluding hydrogens is 266 g/mol. The van der Waals surface area contributed by atoms with Crippen molar-refractivity contribution in [2.75, 3.05) is 25.0 Å². The molecule has 2 bridgehead atoms. The van der Waals surface area contributed by atoms with Gasteiger partial charge in [-0.3, -0.25) is 0 Å². The zero-order valence-corrected chi connectivity index (χ0v) is 10.8. The van der Waals surface area contributed by atoms with Crippen molar-refractivity contribution in [3.05, 3.63) is 22.9 Å². The number of anilines is 1. The lowest BCUT2D eigenvalue weighted by atomic mass is 9.94. The van der Waals surface area contributed by atoms with E-state index in [9.17, 15) is 0 Å². The van der Waals surface area contributed by atoms with E-state index in [0.717, 1.165) is 16.2 Å². The second-order valence-electron chi connectivity index (χ2n) is 4.73. The lowest BCUT2D eigenvalue weighted by Crippen LogP contribution is -2.39. The van der Waals surface area contributed by atoms with E-state index < -0.39 is 0 Å². The van der Waals surface area contributed by atoms with Crippen molar-refractivity contribution in [3.63, 3.8) is 0 Å². The third-order valence-corrected chi connectivity index (χ3v) is 4.37. The number of nitrogens with one attached hydrogen (secondary N) is 1. The molecule has 3 nitrogen and oxygen atoms in total. The molecule has 16 heavy (non-hydrogen) atoms. The van der Waals surface area contributed by atoms with E-state index >= 15 is 0 Å². The van der Waals surface area contributed by atoms with Crippen LogP contribution in [0.15, 0.2) is 22.9 Å². The molecule has 2 aliphatic rings. The zero-order chi connectivity index (χ0) is 11.0. The number of hydrogen-bond acceptors (Lipinski definition) is 3. The molecule has 3 atom stereocenters. The van der Waals surface area contributed by atoms with E-state index in [4.69, 9.17) is 0 Å². The number of rotatable bonds is 2. The maximum Gasteiger partial charge on any atom is 0.129 e. The molecule has 0 amide bonds. The second kappa shape index (κ2) is 4.34. The van der Waals surface area contributed by atoms with E-state index in [-0.39, 0.29) is 0 Å². The van der Waals surface area contributed by atoms with Gasteiger partial charge in [0.2, 0.25) is 0 Å². The van der Waals surface area contributed by atoms with E-state index in [1.54, 1.807) is 0 Å². The summed E-state index contributed by atoms with van der Waals surface area (Å²) in [6.07, 6.45) is 4.41. The lowest BCUT2D eigenvalue weighted by molar-refractivity contribution is 0.255. The minimum absolute atomic E-state index is 0.624. The van der Waals surface area contributed by atoms with Gasteiger partial charge in [0, 0.05) is 25.3 Å². The number of pyridine rings is 1. The summed E-state index contributed by atoms with van der Waals surface area (Å²) in [6.45, 7) is 3.80. The van der Waals surface area contributed by atoms with Crippen molar-refractivity contribution in [1.82, 2.24) is 9.88 Å². The molecule has 0 aromatic carbocycles. The van der Waals surface area contributed by atoms with Gasteiger partial charge >= 0.3 is 0 Å². The maximum absolute atomic E-state index is 4.25. The van der Waals surface area contributed by atoms with Crippen LogP contribution in [0.4, 0.5) is 5.69 Å². The molecule has 2 aliphatic heterocycles. The van der Waals surface area contributed by atoms with Crippen molar-refractivity contribution in [2.24, 2.45) is 5.92 Å². The molecule has 3 rings (SSSR count). The Morgan fingerprint density at radius 3 is 3.12 bits per heavy atom. The van der Waals surface area contributed by atoms with E-state index in [0.29, 0.717) is 6.04 Å². The summed E-state index contributed by atoms with van der Waals surface area (Å²) in [5.41, 5.74) is 1.13. The minimum Gasteiger partial charge on any atom is -0.380 e. The summed E-state index contributed by atoms with van der Waals surface area (Å²) in [5, 5.41) is 3.64. The molecule has 2 fully saturated rings. The fourth-order valence-corrected chi connectivity index (χ4v) is 3.20. The van der Waals surface area contributed by atoms with Gasteiger partial charge in [0.05, 0.1) is 5.69 Å². The molecule has 3 unspecified atom stereocenters. The standard InChI is InChI=1S/C12H16BrN3/c13-12-11(2-1-5-14-12)15-10-4-7-16-6-3-9(10)8-16/h1-2,5,9-10,15H,3-4,6-8H2. The number of hydrogen-bond donors (Lipinski definition) is 1. The number of fused-ring (bicyclic) bond motifs is 2. The van der Waals surface area contributed by atoms with Crippen molar-refractivity contribution in [3.8, 4) is 0 Å². The highest BCUT2D eigenvalue weighted by Crippen LogP contribution is 2.30. The summed E-state index contributed by atoms with van der Waals surface area (Å²) >= 11 is 3.49. The van der Waals surface area contributed by atoms with Gasteiger partial charge < -0.3 is 10.2 Å². The normalized spacial score (nSPS) is 32.7. The van der Waals surface area contributed by atoms with E-state index in [1.165, 1.54) is 32.5 Å². The molecule has 0 aliphatic carbocycles. The fourth-order valence-electron chi connectivity index (χ4n) is 2.83. The van der Waals surface area contributed by atoms with Crippen molar-refractivity contribution >= 4 is 21.6 Å². The van der Waals surface area contributed by atoms with Gasteiger partial charge in [-0.1, -0.05) is 0 Å². The van der Waals surface area contributed by atoms with E-state index in [1.807, 2.05) is 12.3 Å². The minimum atomic E-state index is 0.624. The molecule has 0 saturated carbocycles. The summed E-state index contributed by atoms with van der Waals surface area (Å²) in [4.78, 5) is 6.82. The molecule has 4 heteroatoms. The highest BCUT2D eigenvalue weighted by atomic mass is 79.9. The fraction of sp³-hybridized carbons (Fsp3) is 0.583. The Balaban J connectivity index is 1.73. The Morgan fingerprint density at radius 1 is 1.38 bits per heavy atom. The molecule has 1 N–H and O–H groups in total. The van der Waals surface area contributed by atoms with Crippen LogP contribution in [0.5, 0.6) is 0 Å². The van der Waals surface area contributed by atoms with Gasteiger partial charge in [-0.15, -0.1) is 0 Å². The van der Waals surface area contributed by atoms with Crippen LogP contribution in [0.25, 0.3) is 0 Å². The number of piperidine rings is 1. The van der Waals surface area contributed by atoms with Crippen LogP contribution in [0.1, 0.15) is 12.8 Å². The molecule has 1 aromatic heterocycles. The van der Waals surface area contributed by atoms with Crippen LogP contribution in [-0.4, -0.2) is 35.6 Å². The summed E-state index contributed by atoms with van der Waals surface area (Å²) < 4.78 is 0.926. The average Bonchev–Trinajstić information content (AvgIpc) is 2.68. The lowest BCUT2D eigenvalue weighted by Gasteiger charge is -2.31. The van der Waals surface area contributed by atoms with Crippen LogP contribution in [0, 0.1) is 5.92 Å². The zero-order valence-electron chi connectivity index (χ0n) is 9.19. The third-order valence-electron chi connectivity index (χ3n) is 3.73. The summed E-state index contributed by atoms with van der Waals surface area (Å²) in [5.74, 6) is 0.820. The summed E-state index contributed by atoms with van der Waals surface area (Å²) in [6, 6.07) is 4.70. The smallest absolute Gasteiger partial charge is 0.129 e. The molecule has 3 heterocycles. The number of aromatic nitrogens is 1. The third kappa shape index (κ3) is 1.96. The number of halogens is 1. The summed E-state index contributed by atoms with van der Waals surface area (Å²) in [7, 11) is 0. The molecular formula is C12H16BrN3. The Hall–Kier alpha value is -0.610. The first kappa shape index (κ1) is 10.5. The van der Waals surface area contributed by atoms with Crippen LogP contribution >= 0.6 is 15.9 Å². The quantitative estimate of drug-likeness (QED) is 0.844. The number of nitrogens with zero attached hydrogens (tertiary/aromatic N) is 2. The Bertz CT molecular complexity index is 382. The Morgan fingerprint density at radius 2 is 2.25 bits per heavy atom. The average molecular weight is 282 g/mol. The molecule has 0 radical (unpaired) electrons. The van der Waals surface area contributed by atoms with Crippen LogP contribution in [-0.2, 0) is 0 Å². The van der Waals surface area contributed by atoms with Gasteiger partial charge in [0.25, 0.3) is 0 Å². The molecule has 1 aromatic rings. The molecule has 86 valence electrons. The topological polar surface area (TPSA) is 28.2 Å². The van der Waals surface area contributed by atoms with E-state index in [2.05, 4.69) is 37.2 Å². The predicted molar refractivity (Wildman–Crippen MR) is 68.5 cm³/mol. The highest BCUT2D eigenvalue weighted by molar-refractivity contribution is 9.10. The first-order valence-electron chi connectivity index (χ1n) is 5.92. The SMILES string of the molecule is Brc1ncccc1NC1CCN2CCC1C2. The maximum atomic E-state index is 4.25. The van der Waals surface area contributed by atoms with Gasteiger partial charge in [0.15, 0.2) is 0 Å². The Labute approximate surface area is 104 Å². The van der Waals surface area contributed by atoms with Gasteiger partial charge in [0.1, 0.15) is 4.60 Å². The predicted octanol–water partition coefficient (Wildman–Crippen LogP) is 2.35. The van der Waals surface area contributed by atoms with Crippen molar-refractivity contribution in [2.45, 2.75) is 18.9 Å². The molecule has 0 spiro atoms. The Kier molecular flexibility index (Phi) is 2.86. The largest absolute Gasteiger partial charge is 0.380 e. The first-order chi connectivity index (χ1) is 7.83. The van der Waals surface area contributed by atoms with Gasteiger partial charge in [-0.05, 0) is 53.4 Å². The highest BCUT2D eigenvalue weighted by Gasteiger charge is 2.34.